The molecule has 2 fully saturated rings. The number of piperidine rings is 1. The van der Waals surface area contributed by atoms with Crippen molar-refractivity contribution < 1.29 is 9.53 Å². The van der Waals surface area contributed by atoms with Gasteiger partial charge in [0.05, 0.1) is 13.5 Å². The molecule has 3 rings (SSSR count). The number of hydrogen-bond donors (Lipinski definition) is 1. The van der Waals surface area contributed by atoms with Crippen molar-refractivity contribution in [2.75, 3.05) is 33.3 Å². The van der Waals surface area contributed by atoms with Crippen LogP contribution in [0.25, 0.3) is 0 Å². The molecule has 2 heterocycles. The van der Waals surface area contributed by atoms with Gasteiger partial charge in [0.25, 0.3) is 0 Å². The highest BCUT2D eigenvalue weighted by molar-refractivity contribution is 5.79. The maximum absolute atomic E-state index is 12.5. The van der Waals surface area contributed by atoms with E-state index < -0.39 is 0 Å². The Morgan fingerprint density at radius 2 is 2.09 bits per heavy atom. The van der Waals surface area contributed by atoms with E-state index in [1.54, 1.807) is 7.11 Å². The van der Waals surface area contributed by atoms with Gasteiger partial charge in [-0.2, -0.15) is 0 Å². The lowest BCUT2D eigenvalue weighted by atomic mass is 9.78. The molecule has 0 unspecified atom stereocenters. The van der Waals surface area contributed by atoms with Gasteiger partial charge in [-0.25, -0.2) is 0 Å². The zero-order valence-electron chi connectivity index (χ0n) is 13.7. The second kappa shape index (κ2) is 6.29. The van der Waals surface area contributed by atoms with Crippen molar-refractivity contribution in [2.45, 2.75) is 32.6 Å². The Morgan fingerprint density at radius 1 is 1.32 bits per heavy atom. The van der Waals surface area contributed by atoms with E-state index in [4.69, 9.17) is 4.74 Å². The van der Waals surface area contributed by atoms with Gasteiger partial charge in [-0.05, 0) is 55.3 Å². The van der Waals surface area contributed by atoms with Gasteiger partial charge in [-0.3, -0.25) is 4.79 Å². The summed E-state index contributed by atoms with van der Waals surface area (Å²) in [5, 5.41) is 3.47. The van der Waals surface area contributed by atoms with Crippen molar-refractivity contribution in [3.63, 3.8) is 0 Å². The largest absolute Gasteiger partial charge is 0.496 e. The zero-order valence-corrected chi connectivity index (χ0v) is 13.7. The van der Waals surface area contributed by atoms with Crippen LogP contribution in [0, 0.1) is 12.3 Å². The number of nitrogens with zero attached hydrogens (tertiary/aromatic N) is 1. The summed E-state index contributed by atoms with van der Waals surface area (Å²) in [4.78, 5) is 14.6. The maximum Gasteiger partial charge on any atom is 0.226 e. The summed E-state index contributed by atoms with van der Waals surface area (Å²) >= 11 is 0. The van der Waals surface area contributed by atoms with Crippen LogP contribution in [0.2, 0.25) is 0 Å². The first-order valence-electron chi connectivity index (χ1n) is 8.24. The Bertz CT molecular complexity index is 540. The summed E-state index contributed by atoms with van der Waals surface area (Å²) < 4.78 is 5.34. The molecule has 0 bridgehead atoms. The zero-order chi connectivity index (χ0) is 15.6. The molecule has 1 N–H and O–H groups in total. The van der Waals surface area contributed by atoms with E-state index in [1.807, 2.05) is 30.0 Å². The summed E-state index contributed by atoms with van der Waals surface area (Å²) in [5.74, 6) is 1.10. The van der Waals surface area contributed by atoms with Crippen molar-refractivity contribution in [2.24, 2.45) is 5.41 Å². The number of carbonyl (C=O) groups is 1. The molecule has 1 aromatic rings. The van der Waals surface area contributed by atoms with E-state index in [0.717, 1.165) is 55.9 Å². The van der Waals surface area contributed by atoms with Gasteiger partial charge < -0.3 is 15.0 Å². The SMILES string of the molecule is COc1cc(CC(=O)N2CCC3(CCNC3)CC2)ccc1C. The van der Waals surface area contributed by atoms with Crippen LogP contribution in [0.3, 0.4) is 0 Å². The molecule has 0 aliphatic carbocycles. The van der Waals surface area contributed by atoms with Gasteiger partial charge in [0.15, 0.2) is 0 Å². The van der Waals surface area contributed by atoms with E-state index in [0.29, 0.717) is 11.8 Å². The molecular weight excluding hydrogens is 276 g/mol. The predicted octanol–water partition coefficient (Wildman–Crippen LogP) is 2.15. The van der Waals surface area contributed by atoms with Crippen LogP contribution in [-0.4, -0.2) is 44.1 Å². The smallest absolute Gasteiger partial charge is 0.226 e. The lowest BCUT2D eigenvalue weighted by Gasteiger charge is -2.39. The Balaban J connectivity index is 1.58. The highest BCUT2D eigenvalue weighted by Gasteiger charge is 2.37. The first-order valence-corrected chi connectivity index (χ1v) is 8.24. The van der Waals surface area contributed by atoms with Crippen molar-refractivity contribution >= 4 is 5.91 Å². The summed E-state index contributed by atoms with van der Waals surface area (Å²) in [6.07, 6.45) is 4.03. The Labute approximate surface area is 132 Å². The third-order valence-corrected chi connectivity index (χ3v) is 5.34. The van der Waals surface area contributed by atoms with Gasteiger partial charge in [-0.15, -0.1) is 0 Å². The predicted molar refractivity (Wildman–Crippen MR) is 87.2 cm³/mol. The number of aryl methyl sites for hydroxylation is 1. The monoisotopic (exact) mass is 302 g/mol. The molecule has 0 radical (unpaired) electrons. The fourth-order valence-corrected chi connectivity index (χ4v) is 3.71. The molecule has 2 aliphatic heterocycles. The van der Waals surface area contributed by atoms with Crippen LogP contribution in [-0.2, 0) is 11.2 Å². The molecule has 0 aromatic heterocycles. The molecule has 2 saturated heterocycles. The lowest BCUT2D eigenvalue weighted by Crippen LogP contribution is -2.44. The Morgan fingerprint density at radius 3 is 2.73 bits per heavy atom. The second-order valence-corrected chi connectivity index (χ2v) is 6.79. The maximum atomic E-state index is 12.5. The molecule has 2 aliphatic rings. The van der Waals surface area contributed by atoms with Gasteiger partial charge >= 0.3 is 0 Å². The molecule has 120 valence electrons. The average Bonchev–Trinajstić information content (AvgIpc) is 2.98. The minimum atomic E-state index is 0.242. The van der Waals surface area contributed by atoms with Crippen LogP contribution < -0.4 is 10.1 Å². The quantitative estimate of drug-likeness (QED) is 0.930. The number of nitrogens with one attached hydrogen (secondary N) is 1. The molecule has 0 saturated carbocycles. The van der Waals surface area contributed by atoms with E-state index >= 15 is 0 Å². The first-order chi connectivity index (χ1) is 10.6. The topological polar surface area (TPSA) is 41.6 Å². The van der Waals surface area contributed by atoms with Crippen LogP contribution in [0.15, 0.2) is 18.2 Å². The minimum absolute atomic E-state index is 0.242. The number of benzene rings is 1. The number of likely N-dealkylation sites (tertiary alicyclic amines) is 1. The fourth-order valence-electron chi connectivity index (χ4n) is 3.71. The van der Waals surface area contributed by atoms with Crippen molar-refractivity contribution in [3.05, 3.63) is 29.3 Å². The van der Waals surface area contributed by atoms with Gasteiger partial charge in [0, 0.05) is 19.6 Å². The molecule has 1 spiro atoms. The van der Waals surface area contributed by atoms with E-state index in [2.05, 4.69) is 5.32 Å². The van der Waals surface area contributed by atoms with Crippen LogP contribution >= 0.6 is 0 Å². The van der Waals surface area contributed by atoms with Crippen LogP contribution in [0.5, 0.6) is 5.75 Å². The summed E-state index contributed by atoms with van der Waals surface area (Å²) in [6, 6.07) is 6.04. The number of methoxy groups -OCH3 is 1. The molecule has 4 nitrogen and oxygen atoms in total. The number of carbonyl (C=O) groups excluding carboxylic acids is 1. The molecule has 22 heavy (non-hydrogen) atoms. The standard InChI is InChI=1S/C18H26N2O2/c1-14-3-4-15(11-16(14)22-2)12-17(21)20-9-6-18(7-10-20)5-8-19-13-18/h3-4,11,19H,5-10,12-13H2,1-2H3. The normalized spacial score (nSPS) is 20.4. The second-order valence-electron chi connectivity index (χ2n) is 6.79. The number of rotatable bonds is 3. The Hall–Kier alpha value is -1.55. The van der Waals surface area contributed by atoms with Crippen LogP contribution in [0.4, 0.5) is 0 Å². The number of amides is 1. The third kappa shape index (κ3) is 3.12. The lowest BCUT2D eigenvalue weighted by molar-refractivity contribution is -0.132. The fraction of sp³-hybridized carbons (Fsp3) is 0.611. The molecule has 4 heteroatoms. The van der Waals surface area contributed by atoms with Gasteiger partial charge in [0.1, 0.15) is 5.75 Å². The number of hydrogen-bond acceptors (Lipinski definition) is 3. The van der Waals surface area contributed by atoms with E-state index in [1.165, 1.54) is 6.42 Å². The van der Waals surface area contributed by atoms with Crippen molar-refractivity contribution in [1.29, 1.82) is 0 Å². The van der Waals surface area contributed by atoms with Gasteiger partial charge in [-0.1, -0.05) is 12.1 Å². The summed E-state index contributed by atoms with van der Waals surface area (Å²) in [5.41, 5.74) is 2.60. The average molecular weight is 302 g/mol. The summed E-state index contributed by atoms with van der Waals surface area (Å²) in [7, 11) is 1.67. The van der Waals surface area contributed by atoms with E-state index in [-0.39, 0.29) is 5.91 Å². The third-order valence-electron chi connectivity index (χ3n) is 5.34. The first kappa shape index (κ1) is 15.3. The van der Waals surface area contributed by atoms with Crippen molar-refractivity contribution in [1.82, 2.24) is 10.2 Å². The minimum Gasteiger partial charge on any atom is -0.496 e. The molecule has 1 aromatic carbocycles. The Kier molecular flexibility index (Phi) is 4.39. The number of ether oxygens (including phenoxy) is 1. The summed E-state index contributed by atoms with van der Waals surface area (Å²) in [6.45, 7) is 6.10. The van der Waals surface area contributed by atoms with Crippen LogP contribution in [0.1, 0.15) is 30.4 Å². The van der Waals surface area contributed by atoms with E-state index in [9.17, 15) is 4.79 Å². The highest BCUT2D eigenvalue weighted by atomic mass is 16.5. The molecule has 1 amide bonds. The van der Waals surface area contributed by atoms with Crippen molar-refractivity contribution in [3.8, 4) is 5.75 Å². The molecular formula is C18H26N2O2. The molecule has 0 atom stereocenters. The van der Waals surface area contributed by atoms with Gasteiger partial charge in [0.2, 0.25) is 5.91 Å². The highest BCUT2D eigenvalue weighted by Crippen LogP contribution is 2.37.